The highest BCUT2D eigenvalue weighted by molar-refractivity contribution is 5.16. The van der Waals surface area contributed by atoms with Crippen molar-refractivity contribution >= 4 is 0 Å². The summed E-state index contributed by atoms with van der Waals surface area (Å²) in [4.78, 5) is 6.74. The molecule has 1 aromatic rings. The first-order valence-corrected chi connectivity index (χ1v) is 6.67. The van der Waals surface area contributed by atoms with Crippen LogP contribution in [-0.4, -0.2) is 36.1 Å². The highest BCUT2D eigenvalue weighted by atomic mass is 15.2. The van der Waals surface area contributed by atoms with Crippen LogP contribution in [0.3, 0.4) is 0 Å². The van der Waals surface area contributed by atoms with Gasteiger partial charge in [0.25, 0.3) is 0 Å². The highest BCUT2D eigenvalue weighted by Crippen LogP contribution is 2.30. The third-order valence-electron chi connectivity index (χ3n) is 3.78. The summed E-state index contributed by atoms with van der Waals surface area (Å²) in [6.07, 6.45) is 5.04. The van der Waals surface area contributed by atoms with Gasteiger partial charge < -0.3 is 5.32 Å². The molecule has 0 radical (unpaired) electrons. The SMILES string of the molecule is CCC(C)[C@@H](c1ccncc1)N1CCNCC1. The number of aromatic nitrogens is 1. The Bertz CT molecular complexity index is 319. The van der Waals surface area contributed by atoms with Gasteiger partial charge in [0.1, 0.15) is 0 Å². The summed E-state index contributed by atoms with van der Waals surface area (Å²) < 4.78 is 0. The summed E-state index contributed by atoms with van der Waals surface area (Å²) in [5, 5.41) is 3.42. The summed E-state index contributed by atoms with van der Waals surface area (Å²) in [7, 11) is 0. The number of piperazine rings is 1. The molecule has 1 fully saturated rings. The highest BCUT2D eigenvalue weighted by Gasteiger charge is 2.25. The van der Waals surface area contributed by atoms with Crippen molar-refractivity contribution in [1.29, 1.82) is 0 Å². The number of pyridine rings is 1. The maximum Gasteiger partial charge on any atom is 0.0375 e. The summed E-state index contributed by atoms with van der Waals surface area (Å²) in [6.45, 7) is 9.15. The Balaban J connectivity index is 2.18. The van der Waals surface area contributed by atoms with Crippen LogP contribution < -0.4 is 5.32 Å². The zero-order valence-electron chi connectivity index (χ0n) is 10.9. The second-order valence-electron chi connectivity index (χ2n) is 4.90. The molecule has 1 aromatic heterocycles. The Kier molecular flexibility index (Phi) is 4.51. The van der Waals surface area contributed by atoms with Crippen molar-refractivity contribution in [3.05, 3.63) is 30.1 Å². The van der Waals surface area contributed by atoms with Gasteiger partial charge >= 0.3 is 0 Å². The van der Waals surface area contributed by atoms with Gasteiger partial charge in [-0.05, 0) is 23.6 Å². The average Bonchev–Trinajstić information content (AvgIpc) is 2.41. The maximum absolute atomic E-state index is 4.13. The molecule has 1 aliphatic heterocycles. The number of hydrogen-bond acceptors (Lipinski definition) is 3. The van der Waals surface area contributed by atoms with Crippen LogP contribution in [-0.2, 0) is 0 Å². The summed E-state index contributed by atoms with van der Waals surface area (Å²) in [6, 6.07) is 4.88. The lowest BCUT2D eigenvalue weighted by Gasteiger charge is -2.38. The fourth-order valence-corrected chi connectivity index (χ4v) is 2.64. The van der Waals surface area contributed by atoms with E-state index in [9.17, 15) is 0 Å². The molecular formula is C14H23N3. The largest absolute Gasteiger partial charge is 0.314 e. The molecular weight excluding hydrogens is 210 g/mol. The molecule has 17 heavy (non-hydrogen) atoms. The van der Waals surface area contributed by atoms with E-state index < -0.39 is 0 Å². The van der Waals surface area contributed by atoms with Crippen LogP contribution in [0.5, 0.6) is 0 Å². The van der Waals surface area contributed by atoms with E-state index in [0.717, 1.165) is 26.2 Å². The molecule has 1 unspecified atom stereocenters. The Labute approximate surface area is 104 Å². The van der Waals surface area contributed by atoms with Crippen molar-refractivity contribution in [2.45, 2.75) is 26.3 Å². The molecule has 0 saturated carbocycles. The van der Waals surface area contributed by atoms with Crippen molar-refractivity contribution in [1.82, 2.24) is 15.2 Å². The minimum atomic E-state index is 0.546. The normalized spacial score (nSPS) is 21.1. The minimum absolute atomic E-state index is 0.546. The first kappa shape index (κ1) is 12.5. The smallest absolute Gasteiger partial charge is 0.0375 e. The van der Waals surface area contributed by atoms with E-state index in [1.165, 1.54) is 12.0 Å². The van der Waals surface area contributed by atoms with E-state index in [4.69, 9.17) is 0 Å². The lowest BCUT2D eigenvalue weighted by molar-refractivity contribution is 0.128. The molecule has 0 amide bonds. The molecule has 94 valence electrons. The maximum atomic E-state index is 4.13. The minimum Gasteiger partial charge on any atom is -0.314 e. The van der Waals surface area contributed by atoms with E-state index in [2.05, 4.69) is 41.2 Å². The fraction of sp³-hybridized carbons (Fsp3) is 0.643. The van der Waals surface area contributed by atoms with E-state index in [1.807, 2.05) is 12.4 Å². The Morgan fingerprint density at radius 3 is 2.53 bits per heavy atom. The van der Waals surface area contributed by atoms with Crippen molar-refractivity contribution < 1.29 is 0 Å². The van der Waals surface area contributed by atoms with Gasteiger partial charge in [0.2, 0.25) is 0 Å². The number of nitrogens with zero attached hydrogens (tertiary/aromatic N) is 2. The topological polar surface area (TPSA) is 28.2 Å². The van der Waals surface area contributed by atoms with Crippen molar-refractivity contribution in [2.75, 3.05) is 26.2 Å². The second kappa shape index (κ2) is 6.12. The van der Waals surface area contributed by atoms with Crippen LogP contribution in [0.4, 0.5) is 0 Å². The van der Waals surface area contributed by atoms with Crippen LogP contribution in [0.1, 0.15) is 31.9 Å². The van der Waals surface area contributed by atoms with Crippen LogP contribution in [0.2, 0.25) is 0 Å². The summed E-state index contributed by atoms with van der Waals surface area (Å²) >= 11 is 0. The molecule has 3 nitrogen and oxygen atoms in total. The van der Waals surface area contributed by atoms with Crippen LogP contribution in [0.25, 0.3) is 0 Å². The van der Waals surface area contributed by atoms with Gasteiger partial charge in [0.15, 0.2) is 0 Å². The van der Waals surface area contributed by atoms with Gasteiger partial charge in [0.05, 0.1) is 0 Å². The quantitative estimate of drug-likeness (QED) is 0.863. The first-order valence-electron chi connectivity index (χ1n) is 6.67. The molecule has 1 N–H and O–H groups in total. The predicted octanol–water partition coefficient (Wildman–Crippen LogP) is 2.07. The van der Waals surface area contributed by atoms with Crippen molar-refractivity contribution in [3.63, 3.8) is 0 Å². The summed E-state index contributed by atoms with van der Waals surface area (Å²) in [5.74, 6) is 0.690. The predicted molar refractivity (Wildman–Crippen MR) is 70.9 cm³/mol. The first-order chi connectivity index (χ1) is 8.33. The number of hydrogen-bond donors (Lipinski definition) is 1. The standard InChI is InChI=1S/C14H23N3/c1-3-12(2)14(13-4-6-15-7-5-13)17-10-8-16-9-11-17/h4-7,12,14,16H,3,8-11H2,1-2H3/t12?,14-/m0/s1. The second-order valence-corrected chi connectivity index (χ2v) is 4.90. The van der Waals surface area contributed by atoms with Crippen molar-refractivity contribution in [2.24, 2.45) is 5.92 Å². The average molecular weight is 233 g/mol. The van der Waals surface area contributed by atoms with Crippen LogP contribution in [0.15, 0.2) is 24.5 Å². The van der Waals surface area contributed by atoms with Gasteiger partial charge in [0, 0.05) is 44.6 Å². The number of nitrogens with one attached hydrogen (secondary N) is 1. The molecule has 0 spiro atoms. The van der Waals surface area contributed by atoms with Gasteiger partial charge in [-0.2, -0.15) is 0 Å². The number of rotatable bonds is 4. The molecule has 0 aromatic carbocycles. The van der Waals surface area contributed by atoms with Gasteiger partial charge in [-0.15, -0.1) is 0 Å². The van der Waals surface area contributed by atoms with Crippen LogP contribution >= 0.6 is 0 Å². The monoisotopic (exact) mass is 233 g/mol. The summed E-state index contributed by atoms with van der Waals surface area (Å²) in [5.41, 5.74) is 1.41. The Morgan fingerprint density at radius 2 is 1.94 bits per heavy atom. The van der Waals surface area contributed by atoms with Gasteiger partial charge in [-0.3, -0.25) is 9.88 Å². The zero-order chi connectivity index (χ0) is 12.1. The van der Waals surface area contributed by atoms with Gasteiger partial charge in [-0.1, -0.05) is 20.3 Å². The van der Waals surface area contributed by atoms with Gasteiger partial charge in [-0.25, -0.2) is 0 Å². The van der Waals surface area contributed by atoms with E-state index >= 15 is 0 Å². The van der Waals surface area contributed by atoms with Crippen molar-refractivity contribution in [3.8, 4) is 0 Å². The molecule has 0 aliphatic carbocycles. The van der Waals surface area contributed by atoms with Crippen LogP contribution in [0, 0.1) is 5.92 Å². The fourth-order valence-electron chi connectivity index (χ4n) is 2.64. The zero-order valence-corrected chi connectivity index (χ0v) is 10.9. The molecule has 1 saturated heterocycles. The van der Waals surface area contributed by atoms with E-state index in [1.54, 1.807) is 0 Å². The Hall–Kier alpha value is -0.930. The lowest BCUT2D eigenvalue weighted by atomic mass is 9.91. The van der Waals surface area contributed by atoms with E-state index in [-0.39, 0.29) is 0 Å². The molecule has 2 atom stereocenters. The third-order valence-corrected chi connectivity index (χ3v) is 3.78. The molecule has 1 aliphatic rings. The van der Waals surface area contributed by atoms with E-state index in [0.29, 0.717) is 12.0 Å². The Morgan fingerprint density at radius 1 is 1.29 bits per heavy atom. The molecule has 0 bridgehead atoms. The lowest BCUT2D eigenvalue weighted by Crippen LogP contribution is -2.46. The molecule has 3 heteroatoms. The third kappa shape index (κ3) is 3.05. The molecule has 2 heterocycles. The molecule has 2 rings (SSSR count).